The van der Waals surface area contributed by atoms with Gasteiger partial charge in [0.05, 0.1) is 6.10 Å². The molecule has 0 saturated carbocycles. The molecule has 0 bridgehead atoms. The van der Waals surface area contributed by atoms with Crippen molar-refractivity contribution in [3.8, 4) is 5.75 Å². The number of carbonyl (C=O) groups excluding carboxylic acids is 1. The molecule has 2 unspecified atom stereocenters. The summed E-state index contributed by atoms with van der Waals surface area (Å²) in [4.78, 5) is 13.1. The van der Waals surface area contributed by atoms with Gasteiger partial charge in [0.25, 0.3) is 5.91 Å². The summed E-state index contributed by atoms with van der Waals surface area (Å²) in [7, 11) is 0. The van der Waals surface area contributed by atoms with Gasteiger partial charge < -0.3 is 14.8 Å². The average Bonchev–Trinajstić information content (AvgIpc) is 2.73. The highest BCUT2D eigenvalue weighted by atomic mass is 19.1. The van der Waals surface area contributed by atoms with E-state index < -0.39 is 12.2 Å². The third-order valence-electron chi connectivity index (χ3n) is 4.20. The Hall–Kier alpha value is -3.18. The van der Waals surface area contributed by atoms with Crippen molar-refractivity contribution in [1.82, 2.24) is 0 Å². The van der Waals surface area contributed by atoms with Gasteiger partial charge >= 0.3 is 0 Å². The van der Waals surface area contributed by atoms with Gasteiger partial charge in [-0.2, -0.15) is 0 Å². The lowest BCUT2D eigenvalue weighted by molar-refractivity contribution is -0.138. The fraction of sp³-hybridized carbons (Fsp3) is 0.208. The normalized spacial score (nSPS) is 13.0. The van der Waals surface area contributed by atoms with Gasteiger partial charge in [0, 0.05) is 5.69 Å². The molecule has 2 atom stereocenters. The molecule has 3 aromatic carbocycles. The molecule has 0 saturated heterocycles. The van der Waals surface area contributed by atoms with Crippen molar-refractivity contribution in [3.63, 3.8) is 0 Å². The minimum atomic E-state index is -0.914. The van der Waals surface area contributed by atoms with Crippen LogP contribution in [-0.2, 0) is 9.53 Å². The molecule has 0 heterocycles. The molecule has 150 valence electrons. The van der Waals surface area contributed by atoms with E-state index in [9.17, 15) is 9.18 Å². The van der Waals surface area contributed by atoms with Crippen LogP contribution in [0.1, 0.15) is 25.5 Å². The van der Waals surface area contributed by atoms with E-state index in [1.807, 2.05) is 74.5 Å². The average molecular weight is 393 g/mol. The summed E-state index contributed by atoms with van der Waals surface area (Å²) in [5.41, 5.74) is 1.45. The van der Waals surface area contributed by atoms with Crippen molar-refractivity contribution in [3.05, 3.63) is 96.3 Å². The Morgan fingerprint density at radius 1 is 0.862 bits per heavy atom. The summed E-state index contributed by atoms with van der Waals surface area (Å²) in [6, 6.07) is 24.3. The highest BCUT2D eigenvalue weighted by Crippen LogP contribution is 2.28. The number of rotatable bonds is 8. The molecule has 0 aliphatic rings. The maximum Gasteiger partial charge on any atom is 0.257 e. The summed E-state index contributed by atoms with van der Waals surface area (Å²) >= 11 is 0. The Morgan fingerprint density at radius 3 is 2.03 bits per heavy atom. The van der Waals surface area contributed by atoms with Crippen molar-refractivity contribution < 1.29 is 18.7 Å². The molecule has 0 aromatic heterocycles. The van der Waals surface area contributed by atoms with E-state index in [4.69, 9.17) is 9.47 Å². The molecule has 0 radical (unpaired) electrons. The smallest absolute Gasteiger partial charge is 0.257 e. The van der Waals surface area contributed by atoms with Gasteiger partial charge in [0.15, 0.2) is 12.2 Å². The maximum absolute atomic E-state index is 13.3. The van der Waals surface area contributed by atoms with Crippen LogP contribution in [-0.4, -0.2) is 18.1 Å². The zero-order valence-corrected chi connectivity index (χ0v) is 16.4. The number of anilines is 1. The molecule has 0 spiro atoms. The number of halogens is 1. The standard InChI is InChI=1S/C24H24FNO3/c1-17(2)28-23(24(27)26-20-11-7-4-8-12-20)22(18-9-5-3-6-10-18)29-21-15-13-19(25)14-16-21/h3-17,22-23H,1-2H3,(H,26,27). The van der Waals surface area contributed by atoms with Crippen LogP contribution in [0.2, 0.25) is 0 Å². The van der Waals surface area contributed by atoms with E-state index in [2.05, 4.69) is 5.32 Å². The molecule has 0 aliphatic carbocycles. The predicted molar refractivity (Wildman–Crippen MR) is 111 cm³/mol. The van der Waals surface area contributed by atoms with E-state index >= 15 is 0 Å². The Kier molecular flexibility index (Phi) is 6.98. The topological polar surface area (TPSA) is 47.6 Å². The van der Waals surface area contributed by atoms with Crippen LogP contribution in [0.15, 0.2) is 84.9 Å². The molecular formula is C24H24FNO3. The highest BCUT2D eigenvalue weighted by Gasteiger charge is 2.33. The van der Waals surface area contributed by atoms with Gasteiger partial charge in [0.2, 0.25) is 0 Å². The number of benzene rings is 3. The molecule has 3 aromatic rings. The maximum atomic E-state index is 13.3. The zero-order chi connectivity index (χ0) is 20.6. The lowest BCUT2D eigenvalue weighted by Crippen LogP contribution is -2.40. The number of carbonyl (C=O) groups is 1. The Bertz CT molecular complexity index is 898. The van der Waals surface area contributed by atoms with Crippen LogP contribution in [0.4, 0.5) is 10.1 Å². The minimum absolute atomic E-state index is 0.204. The summed E-state index contributed by atoms with van der Waals surface area (Å²) in [5.74, 6) is -0.226. The second-order valence-electron chi connectivity index (χ2n) is 6.86. The molecule has 1 amide bonds. The largest absolute Gasteiger partial charge is 0.482 e. The van der Waals surface area contributed by atoms with Gasteiger partial charge in [-0.15, -0.1) is 0 Å². The first-order valence-corrected chi connectivity index (χ1v) is 9.51. The lowest BCUT2D eigenvalue weighted by Gasteiger charge is -2.29. The highest BCUT2D eigenvalue weighted by molar-refractivity contribution is 5.94. The summed E-state index contributed by atoms with van der Waals surface area (Å²) < 4.78 is 25.4. The number of hydrogen-bond acceptors (Lipinski definition) is 3. The van der Waals surface area contributed by atoms with E-state index in [0.717, 1.165) is 5.56 Å². The van der Waals surface area contributed by atoms with E-state index in [0.29, 0.717) is 11.4 Å². The van der Waals surface area contributed by atoms with E-state index in [1.54, 1.807) is 0 Å². The Labute approximate surface area is 170 Å². The number of hydrogen-bond donors (Lipinski definition) is 1. The summed E-state index contributed by atoms with van der Waals surface area (Å²) in [5, 5.41) is 2.89. The van der Waals surface area contributed by atoms with Gasteiger partial charge in [-0.25, -0.2) is 4.39 Å². The fourth-order valence-electron chi connectivity index (χ4n) is 2.91. The molecule has 1 N–H and O–H groups in total. The number of nitrogens with one attached hydrogen (secondary N) is 1. The molecular weight excluding hydrogens is 369 g/mol. The van der Waals surface area contributed by atoms with Gasteiger partial charge in [-0.05, 0) is 55.8 Å². The minimum Gasteiger partial charge on any atom is -0.482 e. The number of amides is 1. The van der Waals surface area contributed by atoms with Crippen molar-refractivity contribution in [2.45, 2.75) is 32.2 Å². The third-order valence-corrected chi connectivity index (χ3v) is 4.20. The molecule has 29 heavy (non-hydrogen) atoms. The van der Waals surface area contributed by atoms with E-state index in [-0.39, 0.29) is 17.8 Å². The Balaban J connectivity index is 1.93. The molecule has 5 heteroatoms. The predicted octanol–water partition coefficient (Wildman–Crippen LogP) is 5.38. The van der Waals surface area contributed by atoms with Gasteiger partial charge in [-0.3, -0.25) is 4.79 Å². The monoisotopic (exact) mass is 393 g/mol. The second-order valence-corrected chi connectivity index (χ2v) is 6.86. The second kappa shape index (κ2) is 9.85. The Morgan fingerprint density at radius 2 is 1.45 bits per heavy atom. The van der Waals surface area contributed by atoms with Gasteiger partial charge in [0.1, 0.15) is 11.6 Å². The molecule has 3 rings (SSSR count). The van der Waals surface area contributed by atoms with Crippen LogP contribution >= 0.6 is 0 Å². The SMILES string of the molecule is CC(C)OC(C(=O)Nc1ccccc1)C(Oc1ccc(F)cc1)c1ccccc1. The van der Waals surface area contributed by atoms with Crippen molar-refractivity contribution >= 4 is 11.6 Å². The van der Waals surface area contributed by atoms with Crippen molar-refractivity contribution in [1.29, 1.82) is 0 Å². The van der Waals surface area contributed by atoms with Crippen molar-refractivity contribution in [2.24, 2.45) is 0 Å². The molecule has 0 fully saturated rings. The third kappa shape index (κ3) is 5.90. The first-order chi connectivity index (χ1) is 14.0. The fourth-order valence-corrected chi connectivity index (χ4v) is 2.91. The first-order valence-electron chi connectivity index (χ1n) is 9.51. The summed E-state index contributed by atoms with van der Waals surface area (Å²) in [6.45, 7) is 3.73. The van der Waals surface area contributed by atoms with Crippen LogP contribution in [0.3, 0.4) is 0 Å². The van der Waals surface area contributed by atoms with E-state index in [1.165, 1.54) is 24.3 Å². The molecule has 0 aliphatic heterocycles. The zero-order valence-electron chi connectivity index (χ0n) is 16.4. The van der Waals surface area contributed by atoms with Crippen LogP contribution in [0.25, 0.3) is 0 Å². The van der Waals surface area contributed by atoms with Crippen LogP contribution < -0.4 is 10.1 Å². The lowest BCUT2D eigenvalue weighted by atomic mass is 10.0. The molecule has 4 nitrogen and oxygen atoms in total. The van der Waals surface area contributed by atoms with Gasteiger partial charge in [-0.1, -0.05) is 48.5 Å². The number of ether oxygens (including phenoxy) is 2. The summed E-state index contributed by atoms with van der Waals surface area (Å²) in [6.07, 6.45) is -1.83. The van der Waals surface area contributed by atoms with Crippen molar-refractivity contribution in [2.75, 3.05) is 5.32 Å². The quantitative estimate of drug-likeness (QED) is 0.559. The first kappa shape index (κ1) is 20.6. The van der Waals surface area contributed by atoms with Crippen LogP contribution in [0.5, 0.6) is 5.75 Å². The number of para-hydroxylation sites is 1. The van der Waals surface area contributed by atoms with Crippen LogP contribution in [0, 0.1) is 5.82 Å².